The van der Waals surface area contributed by atoms with Crippen LogP contribution >= 0.6 is 11.8 Å². The molecule has 0 saturated heterocycles. The van der Waals surface area contributed by atoms with Crippen molar-refractivity contribution in [1.82, 2.24) is 15.0 Å². The molecule has 94 valence electrons. The minimum absolute atomic E-state index is 0.0424. The molecule has 0 aliphatic carbocycles. The van der Waals surface area contributed by atoms with E-state index in [0.717, 1.165) is 21.1 Å². The molecule has 0 bridgehead atoms. The van der Waals surface area contributed by atoms with Gasteiger partial charge in [-0.1, -0.05) is 12.1 Å². The number of aromatic amines is 1. The Bertz CT molecular complexity index is 716. The molecule has 2 heterocycles. The molecule has 0 aliphatic heterocycles. The Kier molecular flexibility index (Phi) is 2.92. The summed E-state index contributed by atoms with van der Waals surface area (Å²) < 4.78 is 0. The summed E-state index contributed by atoms with van der Waals surface area (Å²) >= 11 is 1.42. The van der Waals surface area contributed by atoms with Crippen molar-refractivity contribution in [3.8, 4) is 0 Å². The summed E-state index contributed by atoms with van der Waals surface area (Å²) in [4.78, 5) is 12.6. The van der Waals surface area contributed by atoms with Gasteiger partial charge in [0.15, 0.2) is 5.16 Å². The fourth-order valence-corrected chi connectivity index (χ4v) is 2.68. The van der Waals surface area contributed by atoms with E-state index in [0.29, 0.717) is 5.69 Å². The van der Waals surface area contributed by atoms with Gasteiger partial charge in [-0.25, -0.2) is 4.98 Å². The van der Waals surface area contributed by atoms with Gasteiger partial charge in [-0.2, -0.15) is 0 Å². The number of nitrogens with one attached hydrogen (secondary N) is 2. The van der Waals surface area contributed by atoms with Crippen LogP contribution in [0.15, 0.2) is 52.6 Å². The van der Waals surface area contributed by atoms with Crippen molar-refractivity contribution in [1.29, 1.82) is 5.41 Å². The van der Waals surface area contributed by atoms with Crippen LogP contribution in [-0.2, 0) is 0 Å². The summed E-state index contributed by atoms with van der Waals surface area (Å²) in [6, 6.07) is 11.5. The summed E-state index contributed by atoms with van der Waals surface area (Å²) in [5, 5.41) is 8.28. The van der Waals surface area contributed by atoms with Gasteiger partial charge in [-0.15, -0.1) is 0 Å². The number of nitrogens with two attached hydrogens (primary N) is 1. The van der Waals surface area contributed by atoms with Crippen molar-refractivity contribution >= 4 is 28.6 Å². The molecule has 0 saturated carbocycles. The predicted octanol–water partition coefficient (Wildman–Crippen LogP) is 2.39. The lowest BCUT2D eigenvalue weighted by molar-refractivity contribution is 1.07. The van der Waals surface area contributed by atoms with Gasteiger partial charge in [0.25, 0.3) is 0 Å². The monoisotopic (exact) mass is 269 g/mol. The number of fused-ring (bicyclic) bond motifs is 1. The number of para-hydroxylation sites is 2. The van der Waals surface area contributed by atoms with E-state index in [4.69, 9.17) is 11.1 Å². The quantitative estimate of drug-likeness (QED) is 0.503. The van der Waals surface area contributed by atoms with Crippen LogP contribution in [0.5, 0.6) is 0 Å². The molecule has 0 unspecified atom stereocenters. The first-order valence-electron chi connectivity index (χ1n) is 5.66. The molecular weight excluding hydrogens is 258 g/mol. The summed E-state index contributed by atoms with van der Waals surface area (Å²) in [7, 11) is 0. The van der Waals surface area contributed by atoms with E-state index < -0.39 is 0 Å². The molecule has 0 spiro atoms. The fraction of sp³-hybridized carbons (Fsp3) is 0. The van der Waals surface area contributed by atoms with Crippen LogP contribution in [0.25, 0.3) is 11.0 Å². The molecule has 3 aromatic rings. The Labute approximate surface area is 113 Å². The maximum atomic E-state index is 7.52. The molecule has 0 radical (unpaired) electrons. The second kappa shape index (κ2) is 4.74. The molecule has 5 nitrogen and oxygen atoms in total. The maximum absolute atomic E-state index is 7.52. The molecule has 0 fully saturated rings. The standard InChI is InChI=1S/C13H11N5S/c14-12(15)11-10(6-3-7-16-11)19-13-17-8-4-1-2-5-9(8)18-13/h1-7H,(H3,14,15)(H,17,18). The van der Waals surface area contributed by atoms with Gasteiger partial charge >= 0.3 is 0 Å². The van der Waals surface area contributed by atoms with Crippen LogP contribution in [0.1, 0.15) is 5.69 Å². The van der Waals surface area contributed by atoms with E-state index in [-0.39, 0.29) is 5.84 Å². The second-order valence-corrected chi connectivity index (χ2v) is 4.96. The van der Waals surface area contributed by atoms with Crippen molar-refractivity contribution < 1.29 is 0 Å². The number of aromatic nitrogens is 3. The third-order valence-electron chi connectivity index (χ3n) is 2.60. The van der Waals surface area contributed by atoms with Crippen LogP contribution < -0.4 is 5.73 Å². The Morgan fingerprint density at radius 3 is 2.84 bits per heavy atom. The smallest absolute Gasteiger partial charge is 0.171 e. The summed E-state index contributed by atoms with van der Waals surface area (Å²) in [6.07, 6.45) is 1.62. The molecule has 3 rings (SSSR count). The molecule has 2 aromatic heterocycles. The highest BCUT2D eigenvalue weighted by molar-refractivity contribution is 7.99. The van der Waals surface area contributed by atoms with Crippen molar-refractivity contribution in [2.24, 2.45) is 5.73 Å². The Hall–Kier alpha value is -2.34. The lowest BCUT2D eigenvalue weighted by atomic mass is 10.3. The number of pyridine rings is 1. The minimum atomic E-state index is -0.0424. The van der Waals surface area contributed by atoms with E-state index in [1.165, 1.54) is 11.8 Å². The number of nitrogens with zero attached hydrogens (tertiary/aromatic N) is 2. The molecule has 6 heteroatoms. The lowest BCUT2D eigenvalue weighted by Crippen LogP contribution is -2.14. The van der Waals surface area contributed by atoms with E-state index in [2.05, 4.69) is 15.0 Å². The first-order valence-corrected chi connectivity index (χ1v) is 6.48. The number of imidazole rings is 1. The normalized spacial score (nSPS) is 10.7. The van der Waals surface area contributed by atoms with E-state index in [1.54, 1.807) is 6.20 Å². The highest BCUT2D eigenvalue weighted by Gasteiger charge is 2.10. The van der Waals surface area contributed by atoms with Crippen molar-refractivity contribution in [2.45, 2.75) is 10.1 Å². The third-order valence-corrected chi connectivity index (χ3v) is 3.54. The number of amidine groups is 1. The van der Waals surface area contributed by atoms with Gasteiger partial charge in [0.05, 0.1) is 11.0 Å². The first-order chi connectivity index (χ1) is 9.24. The minimum Gasteiger partial charge on any atom is -0.382 e. The van der Waals surface area contributed by atoms with Gasteiger partial charge < -0.3 is 10.7 Å². The Morgan fingerprint density at radius 1 is 1.21 bits per heavy atom. The summed E-state index contributed by atoms with van der Waals surface area (Å²) in [5.74, 6) is -0.0424. The van der Waals surface area contributed by atoms with Crippen molar-refractivity contribution in [3.63, 3.8) is 0 Å². The van der Waals surface area contributed by atoms with Crippen molar-refractivity contribution in [3.05, 3.63) is 48.3 Å². The van der Waals surface area contributed by atoms with Crippen LogP contribution in [0.4, 0.5) is 0 Å². The fourth-order valence-electron chi connectivity index (χ4n) is 1.76. The average Bonchev–Trinajstić information content (AvgIpc) is 2.81. The van der Waals surface area contributed by atoms with Crippen LogP contribution in [0.2, 0.25) is 0 Å². The molecule has 1 aromatic carbocycles. The molecule has 4 N–H and O–H groups in total. The van der Waals surface area contributed by atoms with Crippen molar-refractivity contribution in [2.75, 3.05) is 0 Å². The first kappa shape index (κ1) is 11.7. The number of benzene rings is 1. The second-order valence-electron chi connectivity index (χ2n) is 3.92. The summed E-state index contributed by atoms with van der Waals surface area (Å²) in [5.41, 5.74) is 7.90. The van der Waals surface area contributed by atoms with Crippen LogP contribution in [0, 0.1) is 5.41 Å². The molecule has 0 amide bonds. The van der Waals surface area contributed by atoms with E-state index >= 15 is 0 Å². The topological polar surface area (TPSA) is 91.4 Å². The molecule has 19 heavy (non-hydrogen) atoms. The maximum Gasteiger partial charge on any atom is 0.171 e. The lowest BCUT2D eigenvalue weighted by Gasteiger charge is -2.03. The molecule has 0 atom stereocenters. The van der Waals surface area contributed by atoms with Gasteiger partial charge in [0.2, 0.25) is 0 Å². The largest absolute Gasteiger partial charge is 0.382 e. The zero-order chi connectivity index (χ0) is 13.2. The van der Waals surface area contributed by atoms with Gasteiger partial charge in [-0.05, 0) is 36.0 Å². The number of H-pyrrole nitrogens is 1. The number of rotatable bonds is 3. The molecular formula is C13H11N5S. The predicted molar refractivity (Wildman–Crippen MR) is 75.5 cm³/mol. The van der Waals surface area contributed by atoms with Crippen LogP contribution in [-0.4, -0.2) is 20.8 Å². The third kappa shape index (κ3) is 2.30. The van der Waals surface area contributed by atoms with Gasteiger partial charge in [0, 0.05) is 11.1 Å². The zero-order valence-corrected chi connectivity index (χ0v) is 10.7. The average molecular weight is 269 g/mol. The van der Waals surface area contributed by atoms with Gasteiger partial charge in [-0.3, -0.25) is 10.4 Å². The van der Waals surface area contributed by atoms with Crippen LogP contribution in [0.3, 0.4) is 0 Å². The SMILES string of the molecule is N=C(N)c1ncccc1Sc1nc2ccccc2[nH]1. The van der Waals surface area contributed by atoms with Gasteiger partial charge in [0.1, 0.15) is 11.5 Å². The number of hydrogen-bond acceptors (Lipinski definition) is 4. The Balaban J connectivity index is 1.99. The highest BCUT2D eigenvalue weighted by Crippen LogP contribution is 2.28. The van der Waals surface area contributed by atoms with E-state index in [1.807, 2.05) is 36.4 Å². The number of hydrogen-bond donors (Lipinski definition) is 3. The Morgan fingerprint density at radius 2 is 2.05 bits per heavy atom. The zero-order valence-electron chi connectivity index (χ0n) is 9.92. The highest BCUT2D eigenvalue weighted by atomic mass is 32.2. The number of nitrogen functional groups attached to an aromatic ring is 1. The van der Waals surface area contributed by atoms with E-state index in [9.17, 15) is 0 Å². The summed E-state index contributed by atoms with van der Waals surface area (Å²) in [6.45, 7) is 0. The molecule has 0 aliphatic rings.